The highest BCUT2D eigenvalue weighted by Crippen LogP contribution is 2.48. The van der Waals surface area contributed by atoms with Crippen LogP contribution in [0.25, 0.3) is 0 Å². The minimum Gasteiger partial charge on any atom is -0.0876 e. The summed E-state index contributed by atoms with van der Waals surface area (Å²) in [5.74, 6) is 2.49. The molecule has 0 aliphatic heterocycles. The van der Waals surface area contributed by atoms with Crippen LogP contribution in [0.2, 0.25) is 0 Å². The third-order valence-corrected chi connectivity index (χ3v) is 4.49. The van der Waals surface area contributed by atoms with E-state index in [1.165, 1.54) is 24.0 Å². The molecule has 0 radical (unpaired) electrons. The predicted molar refractivity (Wildman–Crippen MR) is 67.2 cm³/mol. The molecule has 2 aliphatic carbocycles. The maximum absolute atomic E-state index is 3.49. The maximum Gasteiger partial charge on any atom is 0.0283 e. The molecule has 0 saturated heterocycles. The topological polar surface area (TPSA) is 0 Å². The van der Waals surface area contributed by atoms with Crippen LogP contribution < -0.4 is 0 Å². The van der Waals surface area contributed by atoms with Crippen LogP contribution in [0.1, 0.15) is 29.9 Å². The Labute approximate surface area is 99.5 Å². The zero-order valence-corrected chi connectivity index (χ0v) is 10.3. The highest BCUT2D eigenvalue weighted by Gasteiger charge is 2.36. The Morgan fingerprint density at radius 2 is 1.87 bits per heavy atom. The minimum absolute atomic E-state index is 0.796. The fourth-order valence-corrected chi connectivity index (χ4v) is 3.39. The van der Waals surface area contributed by atoms with Crippen molar-refractivity contribution in [2.75, 3.05) is 0 Å². The van der Waals surface area contributed by atoms with E-state index in [1.807, 2.05) is 0 Å². The summed E-state index contributed by atoms with van der Waals surface area (Å²) in [5.41, 5.74) is 2.91. The van der Waals surface area contributed by atoms with Crippen molar-refractivity contribution in [3.05, 3.63) is 47.5 Å². The fourth-order valence-electron chi connectivity index (χ4n) is 3.02. The van der Waals surface area contributed by atoms with Gasteiger partial charge in [0.1, 0.15) is 0 Å². The zero-order valence-electron chi connectivity index (χ0n) is 8.70. The molecule has 2 aliphatic rings. The Hall–Kier alpha value is -0.560. The van der Waals surface area contributed by atoms with Gasteiger partial charge < -0.3 is 0 Å². The summed E-state index contributed by atoms with van der Waals surface area (Å²) in [4.78, 5) is 0. The summed E-state index contributed by atoms with van der Waals surface area (Å²) in [7, 11) is 0. The molecule has 1 fully saturated rings. The first-order valence-electron chi connectivity index (χ1n) is 5.70. The van der Waals surface area contributed by atoms with Gasteiger partial charge in [-0.3, -0.25) is 0 Å². The first kappa shape index (κ1) is 9.65. The van der Waals surface area contributed by atoms with Gasteiger partial charge in [0.25, 0.3) is 0 Å². The highest BCUT2D eigenvalue weighted by molar-refractivity contribution is 9.08. The average molecular weight is 263 g/mol. The number of alkyl halides is 1. The molecule has 1 aromatic rings. The maximum atomic E-state index is 3.49. The molecule has 1 heteroatoms. The molecule has 2 bridgehead atoms. The van der Waals surface area contributed by atoms with Crippen molar-refractivity contribution >= 4 is 15.9 Å². The van der Waals surface area contributed by atoms with Crippen molar-refractivity contribution in [1.29, 1.82) is 0 Å². The van der Waals surface area contributed by atoms with Gasteiger partial charge in [-0.25, -0.2) is 0 Å². The molecule has 1 unspecified atom stereocenters. The Morgan fingerprint density at radius 1 is 1.07 bits per heavy atom. The lowest BCUT2D eigenvalue weighted by atomic mass is 9.87. The second kappa shape index (κ2) is 3.79. The summed E-state index contributed by atoms with van der Waals surface area (Å²) in [5, 5.41) is 0.962. The van der Waals surface area contributed by atoms with Crippen LogP contribution in [0.5, 0.6) is 0 Å². The van der Waals surface area contributed by atoms with Gasteiger partial charge >= 0.3 is 0 Å². The van der Waals surface area contributed by atoms with Crippen LogP contribution in [0.15, 0.2) is 36.4 Å². The number of fused-ring (bicyclic) bond motifs is 2. The summed E-state index contributed by atoms with van der Waals surface area (Å²) in [6.45, 7) is 0. The standard InChI is InChI=1S/C14H15Br/c15-9-10-1-4-12(5-2-10)14-8-11-3-6-13(14)7-11/h1-6,11,13-14H,7-9H2/t11-,13+,14?/m0/s1. The summed E-state index contributed by atoms with van der Waals surface area (Å²) < 4.78 is 0. The van der Waals surface area contributed by atoms with E-state index in [2.05, 4.69) is 52.3 Å². The Kier molecular flexibility index (Phi) is 2.44. The molecule has 0 heterocycles. The van der Waals surface area contributed by atoms with E-state index in [1.54, 1.807) is 0 Å². The molecular formula is C14H15Br. The van der Waals surface area contributed by atoms with Crippen LogP contribution in [0, 0.1) is 11.8 Å². The van der Waals surface area contributed by atoms with E-state index in [0.717, 1.165) is 23.1 Å². The van der Waals surface area contributed by atoms with E-state index >= 15 is 0 Å². The summed E-state index contributed by atoms with van der Waals surface area (Å²) >= 11 is 3.49. The predicted octanol–water partition coefficient (Wildman–Crippen LogP) is 4.26. The molecular weight excluding hydrogens is 248 g/mol. The second-order valence-corrected chi connectivity index (χ2v) is 5.32. The van der Waals surface area contributed by atoms with Gasteiger partial charge in [0.05, 0.1) is 0 Å². The van der Waals surface area contributed by atoms with E-state index in [4.69, 9.17) is 0 Å². The molecule has 0 spiro atoms. The Balaban J connectivity index is 1.84. The average Bonchev–Trinajstić information content (AvgIpc) is 2.91. The Bertz CT molecular complexity index is 377. The molecule has 0 amide bonds. The summed E-state index contributed by atoms with van der Waals surface area (Å²) in [6, 6.07) is 9.13. The molecule has 78 valence electrons. The third kappa shape index (κ3) is 1.67. The molecule has 0 N–H and O–H groups in total. The van der Waals surface area contributed by atoms with Gasteiger partial charge in [-0.1, -0.05) is 52.3 Å². The van der Waals surface area contributed by atoms with Crippen molar-refractivity contribution in [2.24, 2.45) is 11.8 Å². The van der Waals surface area contributed by atoms with E-state index < -0.39 is 0 Å². The highest BCUT2D eigenvalue weighted by atomic mass is 79.9. The van der Waals surface area contributed by atoms with Gasteiger partial charge in [-0.15, -0.1) is 0 Å². The van der Waals surface area contributed by atoms with Gasteiger partial charge in [0.2, 0.25) is 0 Å². The van der Waals surface area contributed by atoms with Crippen molar-refractivity contribution in [1.82, 2.24) is 0 Å². The lowest BCUT2D eigenvalue weighted by Gasteiger charge is -2.18. The van der Waals surface area contributed by atoms with Crippen molar-refractivity contribution < 1.29 is 0 Å². The zero-order chi connectivity index (χ0) is 10.3. The largest absolute Gasteiger partial charge is 0.0876 e. The normalized spacial score (nSPS) is 32.5. The lowest BCUT2D eigenvalue weighted by molar-refractivity contribution is 0.585. The van der Waals surface area contributed by atoms with Crippen molar-refractivity contribution in [3.8, 4) is 0 Å². The SMILES string of the molecule is BrCc1ccc(C2C[C@H]3C=C[C@@H]2C3)cc1. The van der Waals surface area contributed by atoms with Crippen molar-refractivity contribution in [3.63, 3.8) is 0 Å². The van der Waals surface area contributed by atoms with Crippen molar-refractivity contribution in [2.45, 2.75) is 24.1 Å². The molecule has 1 saturated carbocycles. The number of hydrogen-bond donors (Lipinski definition) is 0. The molecule has 0 aromatic heterocycles. The van der Waals surface area contributed by atoms with Gasteiger partial charge in [-0.2, -0.15) is 0 Å². The van der Waals surface area contributed by atoms with E-state index in [0.29, 0.717) is 0 Å². The molecule has 3 rings (SSSR count). The molecule has 3 atom stereocenters. The van der Waals surface area contributed by atoms with Gasteiger partial charge in [-0.05, 0) is 41.7 Å². The quantitative estimate of drug-likeness (QED) is 0.552. The van der Waals surface area contributed by atoms with Gasteiger partial charge in [0, 0.05) is 5.33 Å². The van der Waals surface area contributed by atoms with Crippen LogP contribution in [0.3, 0.4) is 0 Å². The van der Waals surface area contributed by atoms with E-state index in [9.17, 15) is 0 Å². The molecule has 1 aromatic carbocycles. The number of allylic oxidation sites excluding steroid dienone is 2. The Morgan fingerprint density at radius 3 is 2.40 bits per heavy atom. The molecule has 0 nitrogen and oxygen atoms in total. The number of rotatable bonds is 2. The minimum atomic E-state index is 0.796. The van der Waals surface area contributed by atoms with Crippen LogP contribution >= 0.6 is 15.9 Å². The smallest absolute Gasteiger partial charge is 0.0283 e. The first-order chi connectivity index (χ1) is 7.36. The number of halogens is 1. The van der Waals surface area contributed by atoms with Crippen LogP contribution in [-0.4, -0.2) is 0 Å². The fraction of sp³-hybridized carbons (Fsp3) is 0.429. The second-order valence-electron chi connectivity index (χ2n) is 4.76. The number of benzene rings is 1. The van der Waals surface area contributed by atoms with Crippen LogP contribution in [-0.2, 0) is 5.33 Å². The lowest BCUT2D eigenvalue weighted by Crippen LogP contribution is -2.04. The number of hydrogen-bond acceptors (Lipinski definition) is 0. The molecule has 15 heavy (non-hydrogen) atoms. The first-order valence-corrected chi connectivity index (χ1v) is 6.82. The monoisotopic (exact) mass is 262 g/mol. The van der Waals surface area contributed by atoms with Crippen LogP contribution in [0.4, 0.5) is 0 Å². The van der Waals surface area contributed by atoms with E-state index in [-0.39, 0.29) is 0 Å². The third-order valence-electron chi connectivity index (χ3n) is 3.84. The van der Waals surface area contributed by atoms with Gasteiger partial charge in [0.15, 0.2) is 0 Å². The summed E-state index contributed by atoms with van der Waals surface area (Å²) in [6.07, 6.45) is 7.60.